The summed E-state index contributed by atoms with van der Waals surface area (Å²) in [6.07, 6.45) is 9.04. The summed E-state index contributed by atoms with van der Waals surface area (Å²) in [5.74, 6) is -2.08. The van der Waals surface area contributed by atoms with Crippen LogP contribution in [0, 0.1) is 39.9 Å². The van der Waals surface area contributed by atoms with Gasteiger partial charge in [0.05, 0.1) is 63.2 Å². The van der Waals surface area contributed by atoms with Gasteiger partial charge < -0.3 is 54.3 Å². The number of aromatic nitrogens is 3. The standard InChI is InChI=1S/C21H34ClNO4.C19H33N7O7.Gd/c22-13-7-1-2-8-15-25-18-19-26-17-14-23-21(24)12-6-9-16-27-20-10-4-3-5-11-20;27-16(12-26-2-1-20-21-26)11-22-3-5-23(13-17(28)29)7-9-25(15-19(32)33)10-8-24(6-4-22)14-18(30)31;/h3-5,10-11H,1-2,6-9,12-19H2,(H,23,24);1-2,16,27H,3-15H2,(H,28,29)(H,30,31)(H,32,33);/q;;+3/p-3. The van der Waals surface area contributed by atoms with Crippen LogP contribution in [0.2, 0.25) is 0 Å². The molecule has 1 aromatic carbocycles. The van der Waals surface area contributed by atoms with Crippen molar-refractivity contribution in [1.29, 1.82) is 0 Å². The van der Waals surface area contributed by atoms with E-state index >= 15 is 0 Å². The van der Waals surface area contributed by atoms with E-state index in [-0.39, 0.29) is 105 Å². The molecule has 1 saturated heterocycles. The van der Waals surface area contributed by atoms with Gasteiger partial charge in [0, 0.05) is 110 Å². The molecule has 1 atom stereocenters. The van der Waals surface area contributed by atoms with E-state index in [9.17, 15) is 39.6 Å². The van der Waals surface area contributed by atoms with E-state index in [1.165, 1.54) is 17.3 Å². The number of carboxylic acids is 3. The molecule has 1 amide bonds. The van der Waals surface area contributed by atoms with Crippen LogP contribution in [0.1, 0.15) is 44.9 Å². The number of nitrogens with zero attached hydrogens (tertiary/aromatic N) is 7. The molecule has 0 aliphatic carbocycles. The molecule has 2 heterocycles. The van der Waals surface area contributed by atoms with Gasteiger partial charge in [-0.15, -0.1) is 16.7 Å². The first-order chi connectivity index (χ1) is 29.0. The minimum Gasteiger partial charge on any atom is -0.549 e. The first-order valence-corrected chi connectivity index (χ1v) is 21.2. The molecule has 0 spiro atoms. The Hall–Kier alpha value is -2.63. The predicted octanol–water partition coefficient (Wildman–Crippen LogP) is -2.71. The van der Waals surface area contributed by atoms with Gasteiger partial charge in [0.2, 0.25) is 5.91 Å². The normalized spacial score (nSPS) is 15.2. The first kappa shape index (κ1) is 56.4. The third-order valence-electron chi connectivity index (χ3n) is 9.25. The van der Waals surface area contributed by atoms with Crippen LogP contribution in [-0.2, 0) is 35.2 Å². The number of aliphatic hydroxyl groups is 1. The van der Waals surface area contributed by atoms with E-state index in [2.05, 4.69) is 15.6 Å². The zero-order chi connectivity index (χ0) is 43.6. The number of nitrogens with one attached hydrogen (secondary N) is 1. The molecule has 345 valence electrons. The Balaban J connectivity index is 0.000000613. The van der Waals surface area contributed by atoms with E-state index in [0.717, 1.165) is 50.3 Å². The van der Waals surface area contributed by atoms with Crippen LogP contribution in [0.5, 0.6) is 5.75 Å². The molecule has 2 N–H and O–H groups in total. The Labute approximate surface area is 396 Å². The number of carbonyl (C=O) groups is 4. The van der Waals surface area contributed by atoms with Crippen molar-refractivity contribution in [2.75, 3.05) is 124 Å². The fourth-order valence-electron chi connectivity index (χ4n) is 6.10. The number of benzene rings is 1. The number of carboxylic acid groups (broad SMARTS) is 3. The zero-order valence-electron chi connectivity index (χ0n) is 35.1. The van der Waals surface area contributed by atoms with Crippen LogP contribution in [-0.4, -0.2) is 194 Å². The Kier molecular flexibility index (Phi) is 34.0. The fraction of sp³-hybridized carbons (Fsp3) is 0.700. The summed E-state index contributed by atoms with van der Waals surface area (Å²) in [6, 6.07) is 9.71. The number of para-hydroxylation sites is 1. The zero-order valence-corrected chi connectivity index (χ0v) is 38.1. The summed E-state index contributed by atoms with van der Waals surface area (Å²) in [6.45, 7) is 5.68. The molecule has 1 radical (unpaired) electrons. The Morgan fingerprint density at radius 1 is 0.689 bits per heavy atom. The monoisotopic (exact) mass is 1030 g/mol. The Morgan fingerprint density at radius 3 is 1.74 bits per heavy atom. The van der Waals surface area contributed by atoms with Gasteiger partial charge in [-0.25, -0.2) is 4.68 Å². The number of aliphatic carboxylic acids is 3. The largest absolute Gasteiger partial charge is 3.00 e. The van der Waals surface area contributed by atoms with Gasteiger partial charge in [0.1, 0.15) is 5.75 Å². The molecule has 1 fully saturated rings. The van der Waals surface area contributed by atoms with E-state index in [1.54, 1.807) is 20.9 Å². The Morgan fingerprint density at radius 2 is 1.21 bits per heavy atom. The molecule has 61 heavy (non-hydrogen) atoms. The van der Waals surface area contributed by atoms with Gasteiger partial charge in [0.15, 0.2) is 0 Å². The van der Waals surface area contributed by atoms with Crippen molar-refractivity contribution in [2.24, 2.45) is 0 Å². The van der Waals surface area contributed by atoms with Crippen LogP contribution < -0.4 is 25.4 Å². The average molecular weight is 1030 g/mol. The molecule has 0 saturated carbocycles. The molecule has 1 aromatic heterocycles. The van der Waals surface area contributed by atoms with Gasteiger partial charge in [-0.2, -0.15) is 0 Å². The van der Waals surface area contributed by atoms with Gasteiger partial charge >= 0.3 is 39.9 Å². The second-order valence-electron chi connectivity index (χ2n) is 14.3. The summed E-state index contributed by atoms with van der Waals surface area (Å²) in [7, 11) is 0. The third-order valence-corrected chi connectivity index (χ3v) is 9.52. The number of halogens is 1. The van der Waals surface area contributed by atoms with Crippen molar-refractivity contribution in [2.45, 2.75) is 57.6 Å². The van der Waals surface area contributed by atoms with Crippen LogP contribution in [0.4, 0.5) is 0 Å². The Bertz CT molecular complexity index is 1390. The molecule has 3 rings (SSSR count). The minimum absolute atomic E-state index is 0. The number of hydrogen-bond acceptors (Lipinski definition) is 17. The predicted molar refractivity (Wildman–Crippen MR) is 216 cm³/mol. The number of hydrogen-bond donors (Lipinski definition) is 2. The number of alkyl halides is 1. The SMILES string of the molecule is O=C(CCCCOc1ccccc1)NCCOCCOCCCCCCCl.O=C([O-])CN1CCN(CC(=O)[O-])CCN(CC(O)Cn2ccnn2)CCN(CC(=O)[O-])CC1.[Gd+3]. The van der Waals surface area contributed by atoms with Gasteiger partial charge in [-0.05, 0) is 37.8 Å². The molecule has 1 aliphatic heterocycles. The maximum atomic E-state index is 11.7. The first-order valence-electron chi connectivity index (χ1n) is 20.7. The summed E-state index contributed by atoms with van der Waals surface area (Å²) < 4.78 is 18.0. The number of unbranched alkanes of at least 4 members (excludes halogenated alkanes) is 4. The second kappa shape index (κ2) is 36.8. The average Bonchev–Trinajstić information content (AvgIpc) is 3.72. The molecule has 19 nitrogen and oxygen atoms in total. The smallest absolute Gasteiger partial charge is 0.549 e. The summed E-state index contributed by atoms with van der Waals surface area (Å²) in [4.78, 5) is 52.0. The van der Waals surface area contributed by atoms with Crippen molar-refractivity contribution in [3.63, 3.8) is 0 Å². The number of carbonyl (C=O) groups excluding carboxylic acids is 4. The van der Waals surface area contributed by atoms with E-state index < -0.39 is 24.0 Å². The van der Waals surface area contributed by atoms with Crippen LogP contribution >= 0.6 is 11.6 Å². The summed E-state index contributed by atoms with van der Waals surface area (Å²) in [5.41, 5.74) is 0. The van der Waals surface area contributed by atoms with Gasteiger partial charge in [0.25, 0.3) is 0 Å². The molecule has 21 heteroatoms. The maximum Gasteiger partial charge on any atom is 3.00 e. The summed E-state index contributed by atoms with van der Waals surface area (Å²) >= 11 is 5.62. The number of amides is 1. The van der Waals surface area contributed by atoms with Gasteiger partial charge in [-0.3, -0.25) is 24.4 Å². The van der Waals surface area contributed by atoms with Crippen LogP contribution in [0.25, 0.3) is 0 Å². The van der Waals surface area contributed by atoms with Crippen molar-refractivity contribution in [3.8, 4) is 5.75 Å². The van der Waals surface area contributed by atoms with Crippen LogP contribution in [0.15, 0.2) is 42.7 Å². The third kappa shape index (κ3) is 31.8. The molecule has 1 unspecified atom stereocenters. The fourth-order valence-corrected chi connectivity index (χ4v) is 6.29. The molecule has 0 bridgehead atoms. The van der Waals surface area contributed by atoms with Crippen molar-refractivity contribution in [1.82, 2.24) is 39.9 Å². The van der Waals surface area contributed by atoms with Crippen molar-refractivity contribution in [3.05, 3.63) is 42.7 Å². The quantitative estimate of drug-likeness (QED) is 0.0651. The number of β-amino-alcohol motifs (C(OH)–C–C–N with tert-alkyl or cyclic N) is 1. The van der Waals surface area contributed by atoms with E-state index in [0.29, 0.717) is 65.6 Å². The number of rotatable bonds is 28. The second-order valence-corrected chi connectivity index (χ2v) is 14.7. The molecule has 1 aliphatic rings. The maximum absolute atomic E-state index is 11.7. The van der Waals surface area contributed by atoms with Crippen molar-refractivity contribution < 1.29 is 93.8 Å². The van der Waals surface area contributed by atoms with E-state index in [4.69, 9.17) is 25.8 Å². The van der Waals surface area contributed by atoms with Crippen LogP contribution in [0.3, 0.4) is 0 Å². The minimum atomic E-state index is -1.27. The van der Waals surface area contributed by atoms with Crippen molar-refractivity contribution >= 4 is 35.4 Å². The number of aliphatic hydroxyl groups excluding tert-OH is 1. The van der Waals surface area contributed by atoms with E-state index in [1.807, 2.05) is 35.2 Å². The summed E-state index contributed by atoms with van der Waals surface area (Å²) in [5, 5.41) is 54.3. The molecule has 2 aromatic rings. The number of ether oxygens (including phenoxy) is 3. The van der Waals surface area contributed by atoms with Gasteiger partial charge in [-0.1, -0.05) is 36.3 Å². The molecular formula is C40H64ClGdN8O11. The topological polar surface area (TPSA) is 241 Å². The molecular weight excluding hydrogens is 961 g/mol.